The molecule has 2 rings (SSSR count). The molecule has 132 valence electrons. The molecule has 0 aromatic heterocycles. The molecule has 0 aliphatic carbocycles. The molecule has 0 radical (unpaired) electrons. The van der Waals surface area contributed by atoms with E-state index in [-0.39, 0.29) is 12.5 Å². The minimum absolute atomic E-state index is 0.220. The number of hydrazine groups is 1. The molecule has 2 amide bonds. The van der Waals surface area contributed by atoms with Crippen molar-refractivity contribution in [3.05, 3.63) is 64.7 Å². The number of hydrogen-bond donors (Lipinski definition) is 3. The second-order valence-corrected chi connectivity index (χ2v) is 6.11. The summed E-state index contributed by atoms with van der Waals surface area (Å²) < 4.78 is 5.19. The van der Waals surface area contributed by atoms with E-state index in [0.717, 1.165) is 16.2 Å². The highest BCUT2D eigenvalue weighted by molar-refractivity contribution is 6.30. The van der Waals surface area contributed by atoms with Gasteiger partial charge < -0.3 is 9.64 Å². The molecule has 25 heavy (non-hydrogen) atoms. The van der Waals surface area contributed by atoms with E-state index in [2.05, 4.69) is 10.9 Å². The Kier molecular flexibility index (Phi) is 6.80. The number of hydrogen-bond acceptors (Lipinski definition) is 3. The fraction of sp³-hybridized carbons (Fsp3) is 0.222. The third-order valence-electron chi connectivity index (χ3n) is 3.52. The lowest BCUT2D eigenvalue weighted by Gasteiger charge is -2.14. The number of methoxy groups -OCH3 is 1. The Balaban J connectivity index is 1.79. The normalized spacial score (nSPS) is 11.5. The van der Waals surface area contributed by atoms with Crippen LogP contribution in [-0.4, -0.2) is 32.5 Å². The van der Waals surface area contributed by atoms with Gasteiger partial charge in [0.15, 0.2) is 6.54 Å². The maximum absolute atomic E-state index is 12.0. The van der Waals surface area contributed by atoms with Gasteiger partial charge in [-0.2, -0.15) is 0 Å². The topological polar surface area (TPSA) is 71.9 Å². The quantitative estimate of drug-likeness (QED) is 0.666. The molecule has 0 spiro atoms. The van der Waals surface area contributed by atoms with Crippen molar-refractivity contribution in [2.75, 3.05) is 20.7 Å². The van der Waals surface area contributed by atoms with Crippen LogP contribution < -0.4 is 20.5 Å². The minimum Gasteiger partial charge on any atom is -0.497 e. The first-order chi connectivity index (χ1) is 12.0. The van der Waals surface area contributed by atoms with Gasteiger partial charge in [-0.3, -0.25) is 20.4 Å². The zero-order valence-electron chi connectivity index (χ0n) is 14.1. The molecule has 3 N–H and O–H groups in total. The SMILES string of the molecule is COc1cccc(C[NH+](C)CC(=O)NNC(=O)c2ccc(Cl)cc2)c1. The zero-order valence-corrected chi connectivity index (χ0v) is 14.9. The summed E-state index contributed by atoms with van der Waals surface area (Å²) in [6.07, 6.45) is 0. The predicted octanol–water partition coefficient (Wildman–Crippen LogP) is 0.825. The summed E-state index contributed by atoms with van der Waals surface area (Å²) in [5.41, 5.74) is 6.29. The Morgan fingerprint density at radius 1 is 1.12 bits per heavy atom. The molecule has 0 aliphatic rings. The first-order valence-electron chi connectivity index (χ1n) is 7.77. The molecule has 1 unspecified atom stereocenters. The number of quaternary nitrogens is 1. The molecule has 0 bridgehead atoms. The second-order valence-electron chi connectivity index (χ2n) is 5.67. The smallest absolute Gasteiger partial charge is 0.293 e. The average Bonchev–Trinajstić information content (AvgIpc) is 2.60. The summed E-state index contributed by atoms with van der Waals surface area (Å²) in [4.78, 5) is 24.9. The van der Waals surface area contributed by atoms with E-state index in [0.29, 0.717) is 17.1 Å². The Labute approximate surface area is 151 Å². The Bertz CT molecular complexity index is 735. The summed E-state index contributed by atoms with van der Waals surface area (Å²) >= 11 is 5.77. The maximum atomic E-state index is 12.0. The van der Waals surface area contributed by atoms with E-state index >= 15 is 0 Å². The molecule has 2 aromatic carbocycles. The minimum atomic E-state index is -0.393. The highest BCUT2D eigenvalue weighted by atomic mass is 35.5. The molecule has 0 aliphatic heterocycles. The number of halogens is 1. The molecule has 0 saturated carbocycles. The Hall–Kier alpha value is -2.57. The van der Waals surface area contributed by atoms with Gasteiger partial charge in [-0.05, 0) is 36.4 Å². The number of nitrogens with one attached hydrogen (secondary N) is 3. The Morgan fingerprint density at radius 3 is 2.52 bits per heavy atom. The molecule has 0 heterocycles. The predicted molar refractivity (Wildman–Crippen MR) is 95.5 cm³/mol. The number of carbonyl (C=O) groups is 2. The van der Waals surface area contributed by atoms with Crippen LogP contribution in [0.15, 0.2) is 48.5 Å². The highest BCUT2D eigenvalue weighted by Crippen LogP contribution is 2.11. The molecule has 7 heteroatoms. The van der Waals surface area contributed by atoms with Crippen LogP contribution in [0.5, 0.6) is 5.75 Å². The van der Waals surface area contributed by atoms with Crippen molar-refractivity contribution in [2.24, 2.45) is 0 Å². The van der Waals surface area contributed by atoms with E-state index in [1.165, 1.54) is 0 Å². The van der Waals surface area contributed by atoms with E-state index in [1.54, 1.807) is 31.4 Å². The van der Waals surface area contributed by atoms with Gasteiger partial charge in [0, 0.05) is 16.1 Å². The van der Waals surface area contributed by atoms with Crippen LogP contribution in [0, 0.1) is 0 Å². The number of amides is 2. The van der Waals surface area contributed by atoms with Crippen LogP contribution in [0.25, 0.3) is 0 Å². The first kappa shape index (κ1) is 18.8. The van der Waals surface area contributed by atoms with Gasteiger partial charge in [-0.15, -0.1) is 0 Å². The lowest BCUT2D eigenvalue weighted by Crippen LogP contribution is -3.09. The van der Waals surface area contributed by atoms with Gasteiger partial charge in [-0.1, -0.05) is 23.7 Å². The van der Waals surface area contributed by atoms with Crippen LogP contribution in [0.4, 0.5) is 0 Å². The van der Waals surface area contributed by atoms with Crippen LogP contribution in [0.2, 0.25) is 5.02 Å². The molecule has 2 aromatic rings. The maximum Gasteiger partial charge on any atom is 0.293 e. The molecular weight excluding hydrogens is 342 g/mol. The largest absolute Gasteiger partial charge is 0.497 e. The van der Waals surface area contributed by atoms with Crippen molar-refractivity contribution in [1.29, 1.82) is 0 Å². The van der Waals surface area contributed by atoms with Crippen molar-refractivity contribution in [3.8, 4) is 5.75 Å². The second kappa shape index (κ2) is 9.05. The van der Waals surface area contributed by atoms with Gasteiger partial charge in [0.25, 0.3) is 11.8 Å². The number of carbonyl (C=O) groups excluding carboxylic acids is 2. The number of rotatable bonds is 6. The van der Waals surface area contributed by atoms with Gasteiger partial charge in [0.1, 0.15) is 12.3 Å². The number of likely N-dealkylation sites (N-methyl/N-ethyl adjacent to an activating group) is 1. The molecule has 0 saturated heterocycles. The summed E-state index contributed by atoms with van der Waals surface area (Å²) in [6.45, 7) is 0.883. The average molecular weight is 363 g/mol. The van der Waals surface area contributed by atoms with Crippen LogP contribution in [-0.2, 0) is 11.3 Å². The molecule has 1 atom stereocenters. The van der Waals surface area contributed by atoms with Crippen molar-refractivity contribution in [3.63, 3.8) is 0 Å². The molecule has 0 fully saturated rings. The molecular formula is C18H21ClN3O3+. The highest BCUT2D eigenvalue weighted by Gasteiger charge is 2.12. The van der Waals surface area contributed by atoms with Crippen molar-refractivity contribution < 1.29 is 19.2 Å². The van der Waals surface area contributed by atoms with Gasteiger partial charge in [-0.25, -0.2) is 0 Å². The summed E-state index contributed by atoms with van der Waals surface area (Å²) in [5.74, 6) is 0.114. The summed E-state index contributed by atoms with van der Waals surface area (Å²) in [6, 6.07) is 14.1. The van der Waals surface area contributed by atoms with Crippen LogP contribution in [0.1, 0.15) is 15.9 Å². The lowest BCUT2D eigenvalue weighted by molar-refractivity contribution is -0.885. The Morgan fingerprint density at radius 2 is 1.84 bits per heavy atom. The van der Waals surface area contributed by atoms with Crippen molar-refractivity contribution in [1.82, 2.24) is 10.9 Å². The van der Waals surface area contributed by atoms with Crippen LogP contribution in [0.3, 0.4) is 0 Å². The van der Waals surface area contributed by atoms with Gasteiger partial charge in [0.05, 0.1) is 14.2 Å². The van der Waals surface area contributed by atoms with E-state index in [9.17, 15) is 9.59 Å². The summed E-state index contributed by atoms with van der Waals surface area (Å²) in [7, 11) is 3.52. The third-order valence-corrected chi connectivity index (χ3v) is 3.78. The van der Waals surface area contributed by atoms with E-state index in [4.69, 9.17) is 16.3 Å². The van der Waals surface area contributed by atoms with Gasteiger partial charge >= 0.3 is 0 Å². The van der Waals surface area contributed by atoms with Crippen molar-refractivity contribution >= 4 is 23.4 Å². The van der Waals surface area contributed by atoms with E-state index < -0.39 is 5.91 Å². The standard InChI is InChI=1S/C18H20ClN3O3/c1-22(11-13-4-3-5-16(10-13)25-2)12-17(23)20-21-18(24)14-6-8-15(19)9-7-14/h3-10H,11-12H2,1-2H3,(H,20,23)(H,21,24)/p+1. The third kappa shape index (κ3) is 6.10. The number of ether oxygens (including phenoxy) is 1. The summed E-state index contributed by atoms with van der Waals surface area (Å²) in [5, 5.41) is 0.545. The first-order valence-corrected chi connectivity index (χ1v) is 8.14. The van der Waals surface area contributed by atoms with E-state index in [1.807, 2.05) is 31.3 Å². The van der Waals surface area contributed by atoms with Crippen LogP contribution >= 0.6 is 11.6 Å². The van der Waals surface area contributed by atoms with Gasteiger partial charge in [0.2, 0.25) is 0 Å². The zero-order chi connectivity index (χ0) is 18.2. The number of benzene rings is 2. The fourth-order valence-corrected chi connectivity index (χ4v) is 2.44. The molecule has 6 nitrogen and oxygen atoms in total. The van der Waals surface area contributed by atoms with Crippen molar-refractivity contribution in [2.45, 2.75) is 6.54 Å². The lowest BCUT2D eigenvalue weighted by atomic mass is 10.2. The fourth-order valence-electron chi connectivity index (χ4n) is 2.31. The monoisotopic (exact) mass is 362 g/mol.